The highest BCUT2D eigenvalue weighted by molar-refractivity contribution is 7.45. The molecule has 0 amide bonds. The van der Waals surface area contributed by atoms with Crippen LogP contribution < -0.4 is 4.89 Å². The predicted molar refractivity (Wildman–Crippen MR) is 190 cm³/mol. The van der Waals surface area contributed by atoms with E-state index in [-0.39, 0.29) is 32.0 Å². The first-order chi connectivity index (χ1) is 22.5. The van der Waals surface area contributed by atoms with Crippen LogP contribution in [0.3, 0.4) is 0 Å². The molecular formula is C37H74NO8P. The first-order valence-electron chi connectivity index (χ1n) is 19.2. The lowest BCUT2D eigenvalue weighted by atomic mass is 10.0. The van der Waals surface area contributed by atoms with Crippen molar-refractivity contribution in [2.45, 2.75) is 180 Å². The maximum Gasteiger partial charge on any atom is 0.306 e. The van der Waals surface area contributed by atoms with Crippen LogP contribution in [0.15, 0.2) is 0 Å². The van der Waals surface area contributed by atoms with Crippen LogP contribution in [-0.4, -0.2) is 70.0 Å². The first-order valence-corrected chi connectivity index (χ1v) is 20.7. The van der Waals surface area contributed by atoms with Crippen molar-refractivity contribution in [3.63, 3.8) is 0 Å². The van der Waals surface area contributed by atoms with Crippen LogP contribution in [0.4, 0.5) is 0 Å². The fourth-order valence-electron chi connectivity index (χ4n) is 5.30. The van der Waals surface area contributed by atoms with Gasteiger partial charge in [0.25, 0.3) is 7.82 Å². The Labute approximate surface area is 289 Å². The molecule has 0 aliphatic rings. The number of hydrogen-bond donors (Lipinski definition) is 0. The summed E-state index contributed by atoms with van der Waals surface area (Å²) in [6, 6.07) is 0. The second-order valence-electron chi connectivity index (χ2n) is 14.3. The molecule has 0 heterocycles. The Morgan fingerprint density at radius 2 is 0.957 bits per heavy atom. The van der Waals surface area contributed by atoms with Gasteiger partial charge in [-0.3, -0.25) is 14.2 Å². The number of phosphoric ester groups is 1. The monoisotopic (exact) mass is 692 g/mol. The lowest BCUT2D eigenvalue weighted by Crippen LogP contribution is -2.37. The SMILES string of the molecule is CCCCCCCCCCCCCCCCCCC(=O)OC[C@H](COP(=O)([O-])OCC[N+](C)(C)C)OC(=O)CCCCCCCCC. The highest BCUT2D eigenvalue weighted by atomic mass is 31.2. The molecule has 0 radical (unpaired) electrons. The van der Waals surface area contributed by atoms with E-state index in [1.165, 1.54) is 103 Å². The molecule has 0 aliphatic heterocycles. The topological polar surface area (TPSA) is 111 Å². The molecule has 0 aromatic rings. The molecule has 0 saturated carbocycles. The Hall–Kier alpha value is -0.990. The minimum atomic E-state index is -4.60. The van der Waals surface area contributed by atoms with Gasteiger partial charge >= 0.3 is 11.9 Å². The maximum absolute atomic E-state index is 12.5. The number of carbonyl (C=O) groups excluding carboxylic acids is 2. The summed E-state index contributed by atoms with van der Waals surface area (Å²) < 4.78 is 33.6. The van der Waals surface area contributed by atoms with Gasteiger partial charge in [0, 0.05) is 12.8 Å². The molecule has 0 bridgehead atoms. The third-order valence-electron chi connectivity index (χ3n) is 8.38. The Bertz CT molecular complexity index is 789. The zero-order valence-corrected chi connectivity index (χ0v) is 32.1. The molecule has 0 aromatic heterocycles. The van der Waals surface area contributed by atoms with Crippen molar-refractivity contribution in [3.05, 3.63) is 0 Å². The quantitative estimate of drug-likeness (QED) is 0.0280. The molecule has 0 aliphatic carbocycles. The summed E-state index contributed by atoms with van der Waals surface area (Å²) in [4.78, 5) is 37.1. The molecule has 0 spiro atoms. The maximum atomic E-state index is 12.5. The molecule has 0 aromatic carbocycles. The van der Waals surface area contributed by atoms with E-state index < -0.39 is 26.5 Å². The van der Waals surface area contributed by atoms with Gasteiger partial charge in [-0.15, -0.1) is 0 Å². The Morgan fingerprint density at radius 1 is 0.574 bits per heavy atom. The molecule has 280 valence electrons. The minimum Gasteiger partial charge on any atom is -0.756 e. The van der Waals surface area contributed by atoms with Crippen molar-refractivity contribution in [1.82, 2.24) is 0 Å². The van der Waals surface area contributed by atoms with Gasteiger partial charge in [0.1, 0.15) is 19.8 Å². The standard InChI is InChI=1S/C37H74NO8P/c1-6-8-10-12-14-15-16-17-18-19-20-21-22-24-25-27-29-36(39)43-33-35(34-45-47(41,42)44-32-31-38(3,4)5)46-37(40)30-28-26-23-13-11-9-7-2/h35H,6-34H2,1-5H3/t35-/m1/s1. The summed E-state index contributed by atoms with van der Waals surface area (Å²) in [5.41, 5.74) is 0. The lowest BCUT2D eigenvalue weighted by molar-refractivity contribution is -0.870. The van der Waals surface area contributed by atoms with E-state index in [9.17, 15) is 19.0 Å². The fourth-order valence-corrected chi connectivity index (χ4v) is 6.03. The van der Waals surface area contributed by atoms with Crippen LogP contribution in [0.5, 0.6) is 0 Å². The highest BCUT2D eigenvalue weighted by Crippen LogP contribution is 2.38. The lowest BCUT2D eigenvalue weighted by Gasteiger charge is -2.28. The molecule has 9 nitrogen and oxygen atoms in total. The Balaban J connectivity index is 4.27. The van der Waals surface area contributed by atoms with Crippen LogP contribution >= 0.6 is 7.82 Å². The summed E-state index contributed by atoms with van der Waals surface area (Å²) in [6.45, 7) is 4.18. The van der Waals surface area contributed by atoms with Gasteiger partial charge in [0.15, 0.2) is 6.10 Å². The van der Waals surface area contributed by atoms with Gasteiger partial charge in [-0.2, -0.15) is 0 Å². The zero-order valence-electron chi connectivity index (χ0n) is 31.2. The van der Waals surface area contributed by atoms with Gasteiger partial charge in [-0.25, -0.2) is 0 Å². The van der Waals surface area contributed by atoms with E-state index in [1.54, 1.807) is 0 Å². The van der Waals surface area contributed by atoms with Crippen LogP contribution in [0.25, 0.3) is 0 Å². The van der Waals surface area contributed by atoms with E-state index in [2.05, 4.69) is 13.8 Å². The van der Waals surface area contributed by atoms with Gasteiger partial charge in [-0.1, -0.05) is 149 Å². The molecule has 2 atom stereocenters. The van der Waals surface area contributed by atoms with Gasteiger partial charge in [0.05, 0.1) is 27.7 Å². The highest BCUT2D eigenvalue weighted by Gasteiger charge is 2.21. The fraction of sp³-hybridized carbons (Fsp3) is 0.946. The Kier molecular flexibility index (Phi) is 30.4. The number of ether oxygens (including phenoxy) is 2. The first kappa shape index (κ1) is 46.0. The van der Waals surface area contributed by atoms with Crippen molar-refractivity contribution in [1.29, 1.82) is 0 Å². The third-order valence-corrected chi connectivity index (χ3v) is 9.34. The van der Waals surface area contributed by atoms with E-state index in [0.717, 1.165) is 38.5 Å². The van der Waals surface area contributed by atoms with Crippen LogP contribution in [-0.2, 0) is 32.7 Å². The number of carbonyl (C=O) groups is 2. The second kappa shape index (κ2) is 31.0. The summed E-state index contributed by atoms with van der Waals surface area (Å²) in [7, 11) is 1.17. The summed E-state index contributed by atoms with van der Waals surface area (Å²) in [5.74, 6) is -0.833. The minimum absolute atomic E-state index is 0.0265. The van der Waals surface area contributed by atoms with E-state index >= 15 is 0 Å². The smallest absolute Gasteiger partial charge is 0.306 e. The van der Waals surface area contributed by atoms with Crippen LogP contribution in [0.1, 0.15) is 174 Å². The molecule has 0 N–H and O–H groups in total. The molecule has 0 fully saturated rings. The zero-order chi connectivity index (χ0) is 35.1. The number of rotatable bonds is 35. The molecular weight excluding hydrogens is 617 g/mol. The van der Waals surface area contributed by atoms with Crippen LogP contribution in [0.2, 0.25) is 0 Å². The molecule has 1 unspecified atom stereocenters. The van der Waals surface area contributed by atoms with Crippen molar-refractivity contribution in [2.75, 3.05) is 47.5 Å². The van der Waals surface area contributed by atoms with Crippen molar-refractivity contribution in [2.24, 2.45) is 0 Å². The van der Waals surface area contributed by atoms with Gasteiger partial charge < -0.3 is 27.9 Å². The number of esters is 2. The summed E-state index contributed by atoms with van der Waals surface area (Å²) in [6.07, 6.45) is 27.2. The molecule has 0 rings (SSSR count). The number of hydrogen-bond acceptors (Lipinski definition) is 8. The predicted octanol–water partition coefficient (Wildman–Crippen LogP) is 9.44. The number of phosphoric acid groups is 1. The van der Waals surface area contributed by atoms with Crippen molar-refractivity contribution >= 4 is 19.8 Å². The molecule has 47 heavy (non-hydrogen) atoms. The Morgan fingerprint density at radius 3 is 1.36 bits per heavy atom. The number of likely N-dealkylation sites (N-methyl/N-ethyl adjacent to an activating group) is 1. The van der Waals surface area contributed by atoms with Gasteiger partial charge in [0.2, 0.25) is 0 Å². The third kappa shape index (κ3) is 34.7. The van der Waals surface area contributed by atoms with E-state index in [1.807, 2.05) is 21.1 Å². The molecule has 0 saturated heterocycles. The molecule has 10 heteroatoms. The van der Waals surface area contributed by atoms with Crippen LogP contribution in [0, 0.1) is 0 Å². The average Bonchev–Trinajstić information content (AvgIpc) is 3.01. The van der Waals surface area contributed by atoms with Crippen molar-refractivity contribution < 1.29 is 42.1 Å². The second-order valence-corrected chi connectivity index (χ2v) is 15.7. The van der Waals surface area contributed by atoms with Crippen molar-refractivity contribution in [3.8, 4) is 0 Å². The van der Waals surface area contributed by atoms with E-state index in [4.69, 9.17) is 18.5 Å². The normalized spacial score (nSPS) is 13.7. The summed E-state index contributed by atoms with van der Waals surface area (Å²) >= 11 is 0. The number of quaternary nitrogens is 1. The van der Waals surface area contributed by atoms with E-state index in [0.29, 0.717) is 17.4 Å². The summed E-state index contributed by atoms with van der Waals surface area (Å²) in [5, 5.41) is 0. The number of nitrogens with zero attached hydrogens (tertiary/aromatic N) is 1. The van der Waals surface area contributed by atoms with Gasteiger partial charge in [-0.05, 0) is 12.8 Å². The largest absolute Gasteiger partial charge is 0.756 e. The average molecular weight is 692 g/mol. The number of unbranched alkanes of at least 4 members (excludes halogenated alkanes) is 21.